The predicted octanol–water partition coefficient (Wildman–Crippen LogP) is 3.30. The molecule has 0 bridgehead atoms. The number of rotatable bonds is 1. The van der Waals surface area contributed by atoms with Gasteiger partial charge in [-0.05, 0) is 19.1 Å². The molecule has 21 heavy (non-hydrogen) atoms. The van der Waals surface area contributed by atoms with Crippen molar-refractivity contribution in [2.45, 2.75) is 12.2 Å². The summed E-state index contributed by atoms with van der Waals surface area (Å²) in [6.45, 7) is 1.86. The highest BCUT2D eigenvalue weighted by atomic mass is 35.5. The second kappa shape index (κ2) is 5.35. The Morgan fingerprint density at radius 2 is 2.29 bits per heavy atom. The maximum Gasteiger partial charge on any atom is 0.235 e. The van der Waals surface area contributed by atoms with Crippen LogP contribution in [0.2, 0.25) is 5.02 Å². The first-order chi connectivity index (χ1) is 9.97. The summed E-state index contributed by atoms with van der Waals surface area (Å²) < 4.78 is 15.9. The molecule has 2 aromatic rings. The second-order valence-corrected chi connectivity index (χ2v) is 6.41. The lowest BCUT2D eigenvalue weighted by Crippen LogP contribution is -2.15. The molecule has 1 aliphatic heterocycles. The van der Waals surface area contributed by atoms with Crippen LogP contribution in [0.4, 0.5) is 10.2 Å². The highest BCUT2D eigenvalue weighted by molar-refractivity contribution is 8.00. The quantitative estimate of drug-likeness (QED) is 0.875. The molecule has 0 saturated carbocycles. The van der Waals surface area contributed by atoms with Crippen LogP contribution in [0.5, 0.6) is 0 Å². The number of anilines is 1. The van der Waals surface area contributed by atoms with Crippen LogP contribution in [0.3, 0.4) is 0 Å². The maximum absolute atomic E-state index is 14.3. The molecule has 0 unspecified atom stereocenters. The number of aryl methyl sites for hydroxylation is 2. The molecule has 1 aromatic carbocycles. The number of carbonyl (C=O) groups is 1. The van der Waals surface area contributed by atoms with Gasteiger partial charge in [0, 0.05) is 23.2 Å². The van der Waals surface area contributed by atoms with Crippen LogP contribution < -0.4 is 5.32 Å². The molecule has 0 aliphatic carbocycles. The van der Waals surface area contributed by atoms with Crippen molar-refractivity contribution in [1.82, 2.24) is 9.78 Å². The lowest BCUT2D eigenvalue weighted by Gasteiger charge is -2.16. The van der Waals surface area contributed by atoms with Gasteiger partial charge in [-0.25, -0.2) is 4.39 Å². The molecule has 1 amide bonds. The molecule has 1 aliphatic rings. The van der Waals surface area contributed by atoms with Gasteiger partial charge in [0.2, 0.25) is 5.91 Å². The molecule has 3 rings (SSSR count). The van der Waals surface area contributed by atoms with Crippen LogP contribution in [0.15, 0.2) is 18.2 Å². The Bertz CT molecular complexity index is 731. The minimum atomic E-state index is -0.372. The SMILES string of the molecule is Cc1nn(C)c2c1[C@H](c1ccc(Cl)cc1F)SCC(=O)N2. The van der Waals surface area contributed by atoms with E-state index in [0.29, 0.717) is 16.4 Å². The van der Waals surface area contributed by atoms with Crippen molar-refractivity contribution in [3.8, 4) is 0 Å². The normalized spacial score (nSPS) is 18.1. The monoisotopic (exact) mass is 325 g/mol. The Kier molecular flexibility index (Phi) is 3.67. The zero-order chi connectivity index (χ0) is 15.1. The smallest absolute Gasteiger partial charge is 0.235 e. The van der Waals surface area contributed by atoms with Gasteiger partial charge in [-0.1, -0.05) is 17.7 Å². The molecule has 1 atom stereocenters. The Morgan fingerprint density at radius 1 is 1.52 bits per heavy atom. The standard InChI is InChI=1S/C14H13ClFN3OS/c1-7-12-13(9-4-3-8(15)5-10(9)16)21-6-11(20)17-14(12)19(2)18-7/h3-5,13H,6H2,1-2H3,(H,17,20)/t13-/m0/s1. The van der Waals surface area contributed by atoms with E-state index in [1.807, 2.05) is 6.92 Å². The minimum Gasteiger partial charge on any atom is -0.310 e. The minimum absolute atomic E-state index is 0.110. The van der Waals surface area contributed by atoms with E-state index in [2.05, 4.69) is 10.4 Å². The number of benzene rings is 1. The van der Waals surface area contributed by atoms with E-state index in [1.54, 1.807) is 23.9 Å². The zero-order valence-electron chi connectivity index (χ0n) is 11.5. The summed E-state index contributed by atoms with van der Waals surface area (Å²) in [7, 11) is 1.76. The number of halogens is 2. The first-order valence-corrected chi connectivity index (χ1v) is 7.80. The van der Waals surface area contributed by atoms with Gasteiger partial charge in [0.15, 0.2) is 0 Å². The Labute approximate surface area is 130 Å². The Balaban J connectivity index is 2.17. The van der Waals surface area contributed by atoms with E-state index in [1.165, 1.54) is 17.8 Å². The van der Waals surface area contributed by atoms with E-state index in [-0.39, 0.29) is 22.7 Å². The third kappa shape index (κ3) is 2.53. The van der Waals surface area contributed by atoms with Crippen LogP contribution in [0.25, 0.3) is 0 Å². The second-order valence-electron chi connectivity index (χ2n) is 4.88. The average Bonchev–Trinajstić information content (AvgIpc) is 2.59. The molecule has 2 heterocycles. The first kappa shape index (κ1) is 14.4. The van der Waals surface area contributed by atoms with Crippen molar-refractivity contribution in [3.05, 3.63) is 45.9 Å². The van der Waals surface area contributed by atoms with Crippen LogP contribution in [-0.4, -0.2) is 21.4 Å². The number of hydrogen-bond donors (Lipinski definition) is 1. The number of fused-ring (bicyclic) bond motifs is 1. The van der Waals surface area contributed by atoms with E-state index in [9.17, 15) is 9.18 Å². The molecular weight excluding hydrogens is 313 g/mol. The summed E-state index contributed by atoms with van der Waals surface area (Å²) in [5.74, 6) is 0.410. The Morgan fingerprint density at radius 3 is 3.00 bits per heavy atom. The lowest BCUT2D eigenvalue weighted by atomic mass is 10.0. The summed E-state index contributed by atoms with van der Waals surface area (Å²) >= 11 is 7.20. The number of nitrogens with one attached hydrogen (secondary N) is 1. The van der Waals surface area contributed by atoms with Crippen LogP contribution in [0, 0.1) is 12.7 Å². The molecule has 0 saturated heterocycles. The fourth-order valence-corrected chi connectivity index (χ4v) is 3.88. The van der Waals surface area contributed by atoms with E-state index in [0.717, 1.165) is 11.3 Å². The number of carbonyl (C=O) groups excluding carboxylic acids is 1. The largest absolute Gasteiger partial charge is 0.310 e. The Hall–Kier alpha value is -1.53. The molecule has 1 N–H and O–H groups in total. The molecule has 7 heteroatoms. The van der Waals surface area contributed by atoms with Gasteiger partial charge in [0.1, 0.15) is 11.6 Å². The van der Waals surface area contributed by atoms with Crippen LogP contribution in [0.1, 0.15) is 22.1 Å². The number of nitrogens with zero attached hydrogens (tertiary/aromatic N) is 2. The zero-order valence-corrected chi connectivity index (χ0v) is 13.1. The molecule has 110 valence electrons. The highest BCUT2D eigenvalue weighted by Crippen LogP contribution is 2.43. The molecule has 0 radical (unpaired) electrons. The van der Waals surface area contributed by atoms with Crippen molar-refractivity contribution in [2.24, 2.45) is 7.05 Å². The molecule has 0 spiro atoms. The van der Waals surface area contributed by atoms with Gasteiger partial charge in [-0.2, -0.15) is 5.10 Å². The molecular formula is C14H13ClFN3OS. The van der Waals surface area contributed by atoms with Crippen molar-refractivity contribution < 1.29 is 9.18 Å². The average molecular weight is 326 g/mol. The number of thioether (sulfide) groups is 1. The van der Waals surface area contributed by atoms with Gasteiger partial charge < -0.3 is 5.32 Å². The van der Waals surface area contributed by atoms with Crippen LogP contribution in [-0.2, 0) is 11.8 Å². The first-order valence-electron chi connectivity index (χ1n) is 6.37. The highest BCUT2D eigenvalue weighted by Gasteiger charge is 2.30. The van der Waals surface area contributed by atoms with Crippen molar-refractivity contribution in [2.75, 3.05) is 11.1 Å². The number of amides is 1. The number of hydrogen-bond acceptors (Lipinski definition) is 3. The number of aromatic nitrogens is 2. The molecule has 0 fully saturated rings. The topological polar surface area (TPSA) is 46.9 Å². The fraction of sp³-hybridized carbons (Fsp3) is 0.286. The van der Waals surface area contributed by atoms with Gasteiger partial charge >= 0.3 is 0 Å². The van der Waals surface area contributed by atoms with Gasteiger partial charge in [-0.15, -0.1) is 11.8 Å². The summed E-state index contributed by atoms with van der Waals surface area (Å²) in [4.78, 5) is 11.8. The van der Waals surface area contributed by atoms with Gasteiger partial charge in [0.05, 0.1) is 16.7 Å². The lowest BCUT2D eigenvalue weighted by molar-refractivity contribution is -0.113. The van der Waals surface area contributed by atoms with E-state index in [4.69, 9.17) is 11.6 Å². The summed E-state index contributed by atoms with van der Waals surface area (Å²) in [6, 6.07) is 4.62. The predicted molar refractivity (Wildman–Crippen MR) is 82.3 cm³/mol. The fourth-order valence-electron chi connectivity index (χ4n) is 2.51. The van der Waals surface area contributed by atoms with Crippen LogP contribution >= 0.6 is 23.4 Å². The van der Waals surface area contributed by atoms with Gasteiger partial charge in [0.25, 0.3) is 0 Å². The van der Waals surface area contributed by atoms with Gasteiger partial charge in [-0.3, -0.25) is 9.48 Å². The summed E-state index contributed by atoms with van der Waals surface area (Å²) in [5, 5.41) is 7.23. The maximum atomic E-state index is 14.3. The third-order valence-electron chi connectivity index (χ3n) is 3.41. The van der Waals surface area contributed by atoms with E-state index >= 15 is 0 Å². The molecule has 1 aromatic heterocycles. The van der Waals surface area contributed by atoms with Crippen molar-refractivity contribution in [3.63, 3.8) is 0 Å². The summed E-state index contributed by atoms with van der Waals surface area (Å²) in [5.41, 5.74) is 2.13. The molecule has 4 nitrogen and oxygen atoms in total. The van der Waals surface area contributed by atoms with Crippen molar-refractivity contribution in [1.29, 1.82) is 0 Å². The summed E-state index contributed by atoms with van der Waals surface area (Å²) in [6.07, 6.45) is 0. The van der Waals surface area contributed by atoms with E-state index < -0.39 is 0 Å². The van der Waals surface area contributed by atoms with Crippen molar-refractivity contribution >= 4 is 35.1 Å². The third-order valence-corrected chi connectivity index (χ3v) is 4.90.